The highest BCUT2D eigenvalue weighted by Crippen LogP contribution is 2.42. The lowest BCUT2D eigenvalue weighted by Gasteiger charge is -2.10. The first kappa shape index (κ1) is 16.0. The maximum atomic E-state index is 11.3. The summed E-state index contributed by atoms with van der Waals surface area (Å²) in [6, 6.07) is 0. The third-order valence-electron chi connectivity index (χ3n) is 1.66. The second-order valence-corrected chi connectivity index (χ2v) is 4.93. The van der Waals surface area contributed by atoms with E-state index in [1.807, 2.05) is 0 Å². The average Bonchev–Trinajstić information content (AvgIpc) is 2.27. The second kappa shape index (κ2) is 8.17. The van der Waals surface area contributed by atoms with Crippen molar-refractivity contribution < 1.29 is 33.0 Å². The minimum absolute atomic E-state index is 0.112. The van der Waals surface area contributed by atoms with Crippen molar-refractivity contribution in [3.8, 4) is 0 Å². The highest BCUT2D eigenvalue weighted by molar-refractivity contribution is 7.52. The number of ether oxygens (including phenoxy) is 2. The Kier molecular flexibility index (Phi) is 7.70. The monoisotopic (exact) mass is 266 g/mol. The largest absolute Gasteiger partial charge is 0.462 e. The van der Waals surface area contributed by atoms with Gasteiger partial charge >= 0.3 is 13.6 Å². The first-order chi connectivity index (χ1) is 7.96. The van der Waals surface area contributed by atoms with Crippen LogP contribution in [0.1, 0.15) is 13.3 Å². The maximum Gasteiger partial charge on any atom is 0.345 e. The highest BCUT2D eigenvalue weighted by Gasteiger charge is 2.22. The van der Waals surface area contributed by atoms with E-state index in [4.69, 9.17) is 0 Å². The minimum atomic E-state index is -3.87. The van der Waals surface area contributed by atoms with Gasteiger partial charge in [0.05, 0.1) is 12.8 Å². The Morgan fingerprint density at radius 3 is 2.59 bits per heavy atom. The van der Waals surface area contributed by atoms with Gasteiger partial charge in [0.15, 0.2) is 6.79 Å². The number of carbonyl (C=O) groups excluding carboxylic acids is 2. The molecule has 17 heavy (non-hydrogen) atoms. The van der Waals surface area contributed by atoms with E-state index >= 15 is 0 Å². The molecule has 0 rings (SSSR count). The molecule has 0 spiro atoms. The van der Waals surface area contributed by atoms with Gasteiger partial charge < -0.3 is 14.4 Å². The van der Waals surface area contributed by atoms with Crippen LogP contribution in [0.3, 0.4) is 0 Å². The average molecular weight is 266 g/mol. The van der Waals surface area contributed by atoms with Crippen molar-refractivity contribution in [2.45, 2.75) is 13.3 Å². The van der Waals surface area contributed by atoms with Gasteiger partial charge in [-0.25, -0.2) is 9.59 Å². The van der Waals surface area contributed by atoms with E-state index in [2.05, 4.69) is 14.0 Å². The third-order valence-corrected chi connectivity index (χ3v) is 2.96. The van der Waals surface area contributed by atoms with E-state index in [1.54, 1.807) is 6.92 Å². The van der Waals surface area contributed by atoms with Crippen LogP contribution >= 0.6 is 7.60 Å². The minimum Gasteiger partial charge on any atom is -0.462 e. The van der Waals surface area contributed by atoms with Crippen molar-refractivity contribution in [2.75, 3.05) is 26.7 Å². The second-order valence-electron chi connectivity index (χ2n) is 2.95. The number of methoxy groups -OCH3 is 1. The smallest absolute Gasteiger partial charge is 0.345 e. The zero-order valence-electron chi connectivity index (χ0n) is 9.67. The number of esters is 1. The quantitative estimate of drug-likeness (QED) is 0.224. The summed E-state index contributed by atoms with van der Waals surface area (Å²) in [5, 5.41) is 0. The Morgan fingerprint density at radius 2 is 2.12 bits per heavy atom. The van der Waals surface area contributed by atoms with E-state index in [1.165, 1.54) is 13.1 Å². The Hall–Kier alpha value is -0.970. The molecule has 0 amide bonds. The molecule has 0 fully saturated rings. The number of carbonyl (C=O) groups is 1. The van der Waals surface area contributed by atoms with Crippen LogP contribution < -0.4 is 0 Å². The summed E-state index contributed by atoms with van der Waals surface area (Å²) in [7, 11) is -2.57. The lowest BCUT2D eigenvalue weighted by molar-refractivity contribution is -0.138. The predicted octanol–water partition coefficient (Wildman–Crippen LogP) is 0.503. The van der Waals surface area contributed by atoms with Gasteiger partial charge in [-0.05, 0) is 6.92 Å². The standard InChI is InChI=1S/C9H15O7P/c1-3-15-9(11)8(6-10)4-5-17(12,13)16-7-14-2/h3-5,7H2,1-2H3,(H,12,13). The fourth-order valence-electron chi connectivity index (χ4n) is 0.866. The molecule has 8 heteroatoms. The molecule has 0 bridgehead atoms. The Labute approximate surface area is 98.9 Å². The summed E-state index contributed by atoms with van der Waals surface area (Å²) in [6.45, 7) is 1.35. The fraction of sp³-hybridized carbons (Fsp3) is 0.667. The summed E-state index contributed by atoms with van der Waals surface area (Å²) in [5.41, 5.74) is -0.317. The number of hydrogen-bond donors (Lipinski definition) is 1. The van der Waals surface area contributed by atoms with Gasteiger partial charge in [-0.1, -0.05) is 0 Å². The van der Waals surface area contributed by atoms with Crippen LogP contribution in [-0.2, 0) is 28.2 Å². The molecule has 0 aromatic rings. The highest BCUT2D eigenvalue weighted by atomic mass is 31.2. The van der Waals surface area contributed by atoms with Gasteiger partial charge in [0, 0.05) is 13.5 Å². The summed E-state index contributed by atoms with van der Waals surface area (Å²) in [4.78, 5) is 30.9. The predicted molar refractivity (Wildman–Crippen MR) is 58.1 cm³/mol. The normalized spacial score (nSPS) is 13.6. The number of hydrogen-bond acceptors (Lipinski definition) is 6. The fourth-order valence-corrected chi connectivity index (χ4v) is 1.77. The number of rotatable bonds is 8. The van der Waals surface area contributed by atoms with E-state index in [0.717, 1.165) is 0 Å². The molecule has 7 nitrogen and oxygen atoms in total. The first-order valence-electron chi connectivity index (χ1n) is 4.83. The third kappa shape index (κ3) is 7.05. The van der Waals surface area contributed by atoms with Gasteiger partial charge in [0.2, 0.25) is 0 Å². The maximum absolute atomic E-state index is 11.3. The van der Waals surface area contributed by atoms with Crippen LogP contribution in [-0.4, -0.2) is 43.5 Å². The molecule has 0 saturated heterocycles. The van der Waals surface area contributed by atoms with Gasteiger partial charge in [-0.2, -0.15) is 0 Å². The van der Waals surface area contributed by atoms with Crippen molar-refractivity contribution in [3.63, 3.8) is 0 Å². The van der Waals surface area contributed by atoms with Crippen LogP contribution in [0.25, 0.3) is 0 Å². The van der Waals surface area contributed by atoms with E-state index in [-0.39, 0.29) is 31.6 Å². The summed E-state index contributed by atoms with van der Waals surface area (Å²) >= 11 is 0. The van der Waals surface area contributed by atoms with Crippen LogP contribution in [0.5, 0.6) is 0 Å². The topological polar surface area (TPSA) is 99.1 Å². The van der Waals surface area contributed by atoms with E-state index in [9.17, 15) is 19.0 Å². The lowest BCUT2D eigenvalue weighted by Crippen LogP contribution is -2.10. The molecule has 0 aliphatic rings. The molecule has 0 heterocycles. The van der Waals surface area contributed by atoms with Gasteiger partial charge in [0.1, 0.15) is 11.5 Å². The van der Waals surface area contributed by atoms with Crippen molar-refractivity contribution in [2.24, 2.45) is 0 Å². The molecule has 0 aromatic heterocycles. The summed E-state index contributed by atoms with van der Waals surface area (Å²) < 4.78 is 24.9. The molecule has 0 aliphatic heterocycles. The van der Waals surface area contributed by atoms with Crippen molar-refractivity contribution in [1.29, 1.82) is 0 Å². The zero-order chi connectivity index (χ0) is 13.3. The van der Waals surface area contributed by atoms with Crippen molar-refractivity contribution >= 4 is 19.5 Å². The first-order valence-corrected chi connectivity index (χ1v) is 6.59. The molecule has 0 saturated carbocycles. The molecular weight excluding hydrogens is 251 g/mol. The van der Waals surface area contributed by atoms with Crippen LogP contribution in [0.4, 0.5) is 0 Å². The molecule has 0 radical (unpaired) electrons. The van der Waals surface area contributed by atoms with Crippen molar-refractivity contribution in [1.82, 2.24) is 0 Å². The SMILES string of the molecule is CCOC(=O)C(=C=O)CCP(=O)(O)OCOC. The summed E-state index contributed by atoms with van der Waals surface area (Å²) in [6.07, 6.45) is -0.612. The van der Waals surface area contributed by atoms with Gasteiger partial charge in [-0.3, -0.25) is 9.09 Å². The summed E-state index contributed by atoms with van der Waals surface area (Å²) in [5.74, 6) is 0.550. The molecule has 98 valence electrons. The van der Waals surface area contributed by atoms with Crippen LogP contribution in [0, 0.1) is 0 Å². The van der Waals surface area contributed by atoms with Crippen LogP contribution in [0.15, 0.2) is 5.57 Å². The molecule has 0 aromatic carbocycles. The Bertz CT molecular complexity index is 345. The van der Waals surface area contributed by atoms with E-state index in [0.29, 0.717) is 0 Å². The van der Waals surface area contributed by atoms with Crippen LogP contribution in [0.2, 0.25) is 0 Å². The lowest BCUT2D eigenvalue weighted by atomic mass is 10.2. The molecular formula is C9H15O7P. The Morgan fingerprint density at radius 1 is 1.47 bits per heavy atom. The van der Waals surface area contributed by atoms with Gasteiger partial charge in [0.25, 0.3) is 0 Å². The molecule has 1 unspecified atom stereocenters. The van der Waals surface area contributed by atoms with Gasteiger partial charge in [-0.15, -0.1) is 0 Å². The molecule has 1 N–H and O–H groups in total. The van der Waals surface area contributed by atoms with Crippen molar-refractivity contribution in [3.05, 3.63) is 5.57 Å². The zero-order valence-corrected chi connectivity index (χ0v) is 10.6. The van der Waals surface area contributed by atoms with E-state index < -0.39 is 13.6 Å². The molecule has 0 aliphatic carbocycles. The Balaban J connectivity index is 4.29. The molecule has 1 atom stereocenters.